The Morgan fingerprint density at radius 1 is 1.26 bits per heavy atom. The minimum absolute atomic E-state index is 0.0117. The topological polar surface area (TPSA) is 82.4 Å². The van der Waals surface area contributed by atoms with Gasteiger partial charge in [-0.2, -0.15) is 0 Å². The van der Waals surface area contributed by atoms with Gasteiger partial charge in [-0.25, -0.2) is 4.98 Å². The maximum atomic E-state index is 13.0. The van der Waals surface area contributed by atoms with E-state index in [-0.39, 0.29) is 11.0 Å². The Kier molecular flexibility index (Phi) is 5.14. The van der Waals surface area contributed by atoms with Crippen LogP contribution in [0.1, 0.15) is 42.1 Å². The van der Waals surface area contributed by atoms with Gasteiger partial charge in [0.2, 0.25) is 5.95 Å². The standard InChI is InChI=1S/C24H28N4O3/c1-15-5-6-21-19(10-15)22(29)17(14-31-21)12-27-9-7-18-20(13-27)25-24(26-23(18)30)28-8-3-4-16(2)11-28/h5-6,10,14,16H,3-4,7-9,11-13H2,1-2H3,(H,25,26,30)/t16-/m0/s1. The number of nitrogens with one attached hydrogen (secondary N) is 1. The van der Waals surface area contributed by atoms with Gasteiger partial charge in [-0.15, -0.1) is 0 Å². The van der Waals surface area contributed by atoms with Crippen LogP contribution < -0.4 is 15.9 Å². The van der Waals surface area contributed by atoms with Gasteiger partial charge < -0.3 is 9.32 Å². The SMILES string of the molecule is Cc1ccc2occ(CN3CCc4c(nc(N5CCC[C@H](C)C5)[nH]c4=O)C3)c(=O)c2c1. The van der Waals surface area contributed by atoms with Gasteiger partial charge in [0.05, 0.1) is 17.3 Å². The Bertz CT molecular complexity index is 1250. The predicted molar refractivity (Wildman–Crippen MR) is 121 cm³/mol. The van der Waals surface area contributed by atoms with Gasteiger partial charge in [0.15, 0.2) is 5.43 Å². The van der Waals surface area contributed by atoms with Crippen molar-refractivity contribution >= 4 is 16.9 Å². The Hall–Kier alpha value is -2.93. The van der Waals surface area contributed by atoms with Gasteiger partial charge in [0.25, 0.3) is 5.56 Å². The summed E-state index contributed by atoms with van der Waals surface area (Å²) in [4.78, 5) is 37.9. The zero-order valence-corrected chi connectivity index (χ0v) is 18.1. The lowest BCUT2D eigenvalue weighted by atomic mass is 10.0. The molecule has 5 rings (SSSR count). The molecule has 0 unspecified atom stereocenters. The van der Waals surface area contributed by atoms with E-state index in [1.54, 1.807) is 6.26 Å². The second-order valence-corrected chi connectivity index (χ2v) is 9.06. The number of piperidine rings is 1. The number of anilines is 1. The van der Waals surface area contributed by atoms with Gasteiger partial charge in [-0.05, 0) is 44.2 Å². The van der Waals surface area contributed by atoms with Crippen molar-refractivity contribution in [1.29, 1.82) is 0 Å². The summed E-state index contributed by atoms with van der Waals surface area (Å²) in [6, 6.07) is 5.66. The maximum absolute atomic E-state index is 13.0. The van der Waals surface area contributed by atoms with Crippen LogP contribution in [0.5, 0.6) is 0 Å². The minimum Gasteiger partial charge on any atom is -0.464 e. The molecule has 2 aliphatic heterocycles. The maximum Gasteiger partial charge on any atom is 0.255 e. The number of hydrogen-bond acceptors (Lipinski definition) is 6. The number of H-pyrrole nitrogens is 1. The van der Waals surface area contributed by atoms with Crippen LogP contribution in [0, 0.1) is 12.8 Å². The third-order valence-electron chi connectivity index (χ3n) is 6.49. The normalized spacial score (nSPS) is 19.5. The van der Waals surface area contributed by atoms with E-state index in [0.717, 1.165) is 36.3 Å². The molecule has 1 saturated heterocycles. The van der Waals surface area contributed by atoms with Crippen molar-refractivity contribution in [2.75, 3.05) is 24.5 Å². The molecule has 0 saturated carbocycles. The fraction of sp³-hybridized carbons (Fsp3) is 0.458. The molecule has 7 nitrogen and oxygen atoms in total. The molecule has 4 heterocycles. The van der Waals surface area contributed by atoms with Crippen LogP contribution in [-0.2, 0) is 19.5 Å². The van der Waals surface area contributed by atoms with E-state index in [0.29, 0.717) is 54.5 Å². The van der Waals surface area contributed by atoms with E-state index in [2.05, 4.69) is 21.7 Å². The van der Waals surface area contributed by atoms with Gasteiger partial charge in [0.1, 0.15) is 5.58 Å². The first-order valence-electron chi connectivity index (χ1n) is 11.1. The highest BCUT2D eigenvalue weighted by molar-refractivity contribution is 5.77. The summed E-state index contributed by atoms with van der Waals surface area (Å²) in [5.41, 5.74) is 3.85. The Labute approximate surface area is 180 Å². The number of nitrogens with zero attached hydrogens (tertiary/aromatic N) is 3. The molecule has 162 valence electrons. The molecular formula is C24H28N4O3. The molecule has 7 heteroatoms. The predicted octanol–water partition coefficient (Wildman–Crippen LogP) is 2.98. The monoisotopic (exact) mass is 420 g/mol. The number of rotatable bonds is 3. The van der Waals surface area contributed by atoms with Crippen LogP contribution in [0.15, 0.2) is 38.5 Å². The Morgan fingerprint density at radius 3 is 2.97 bits per heavy atom. The molecular weight excluding hydrogens is 392 g/mol. The summed E-state index contributed by atoms with van der Waals surface area (Å²) in [6.07, 6.45) is 4.53. The molecule has 2 aromatic heterocycles. The molecule has 1 aromatic carbocycles. The van der Waals surface area contributed by atoms with Gasteiger partial charge in [-0.3, -0.25) is 19.5 Å². The average Bonchev–Trinajstić information content (AvgIpc) is 2.76. The molecule has 0 radical (unpaired) electrons. The lowest BCUT2D eigenvalue weighted by molar-refractivity contribution is 0.238. The zero-order valence-electron chi connectivity index (χ0n) is 18.1. The van der Waals surface area contributed by atoms with E-state index < -0.39 is 0 Å². The Balaban J connectivity index is 1.40. The quantitative estimate of drug-likeness (QED) is 0.702. The van der Waals surface area contributed by atoms with Crippen LogP contribution in [0.2, 0.25) is 0 Å². The third kappa shape index (κ3) is 3.90. The van der Waals surface area contributed by atoms with E-state index in [1.165, 1.54) is 6.42 Å². The van der Waals surface area contributed by atoms with Gasteiger partial charge >= 0.3 is 0 Å². The summed E-state index contributed by atoms with van der Waals surface area (Å²) >= 11 is 0. The number of hydrogen-bond donors (Lipinski definition) is 1. The number of aryl methyl sites for hydroxylation is 1. The van der Waals surface area contributed by atoms with Crippen LogP contribution >= 0.6 is 0 Å². The first-order chi connectivity index (χ1) is 15.0. The van der Waals surface area contributed by atoms with Crippen molar-refractivity contribution < 1.29 is 4.42 Å². The number of aromatic nitrogens is 2. The largest absolute Gasteiger partial charge is 0.464 e. The average molecular weight is 421 g/mol. The first-order valence-corrected chi connectivity index (χ1v) is 11.1. The second-order valence-electron chi connectivity index (χ2n) is 9.06. The highest BCUT2D eigenvalue weighted by Gasteiger charge is 2.25. The van der Waals surface area contributed by atoms with Crippen LogP contribution in [-0.4, -0.2) is 34.5 Å². The summed E-state index contributed by atoms with van der Waals surface area (Å²) < 4.78 is 5.71. The van der Waals surface area contributed by atoms with Crippen molar-refractivity contribution in [3.63, 3.8) is 0 Å². The third-order valence-corrected chi connectivity index (χ3v) is 6.49. The van der Waals surface area contributed by atoms with Crippen molar-refractivity contribution in [3.8, 4) is 0 Å². The van der Waals surface area contributed by atoms with Crippen molar-refractivity contribution in [1.82, 2.24) is 14.9 Å². The molecule has 3 aromatic rings. The smallest absolute Gasteiger partial charge is 0.255 e. The molecule has 0 spiro atoms. The molecule has 31 heavy (non-hydrogen) atoms. The Morgan fingerprint density at radius 2 is 2.13 bits per heavy atom. The fourth-order valence-corrected chi connectivity index (χ4v) is 4.78. The molecule has 2 aliphatic rings. The fourth-order valence-electron chi connectivity index (χ4n) is 4.78. The van der Waals surface area contributed by atoms with Crippen LogP contribution in [0.3, 0.4) is 0 Å². The first kappa shape index (κ1) is 20.0. The van der Waals surface area contributed by atoms with Gasteiger partial charge in [-0.1, -0.05) is 18.6 Å². The number of benzene rings is 1. The molecule has 0 aliphatic carbocycles. The summed E-state index contributed by atoms with van der Waals surface area (Å²) in [5, 5.41) is 0.617. The molecule has 0 amide bonds. The van der Waals surface area contributed by atoms with E-state index >= 15 is 0 Å². The van der Waals surface area contributed by atoms with Crippen molar-refractivity contribution in [2.24, 2.45) is 5.92 Å². The van der Waals surface area contributed by atoms with Crippen LogP contribution in [0.25, 0.3) is 11.0 Å². The molecule has 0 bridgehead atoms. The molecule has 1 N–H and O–H groups in total. The van der Waals surface area contributed by atoms with E-state index in [1.807, 2.05) is 25.1 Å². The second kappa shape index (κ2) is 7.96. The summed E-state index contributed by atoms with van der Waals surface area (Å²) in [6.45, 7) is 7.80. The number of fused-ring (bicyclic) bond motifs is 2. The zero-order chi connectivity index (χ0) is 21.5. The molecule has 1 atom stereocenters. The molecule has 1 fully saturated rings. The lowest BCUT2D eigenvalue weighted by Gasteiger charge is -2.33. The van der Waals surface area contributed by atoms with Crippen molar-refractivity contribution in [3.05, 3.63) is 67.4 Å². The highest BCUT2D eigenvalue weighted by atomic mass is 16.3. The minimum atomic E-state index is -0.0291. The van der Waals surface area contributed by atoms with Crippen molar-refractivity contribution in [2.45, 2.75) is 46.2 Å². The van der Waals surface area contributed by atoms with E-state index in [4.69, 9.17) is 9.40 Å². The van der Waals surface area contributed by atoms with Gasteiger partial charge in [0, 0.05) is 43.9 Å². The summed E-state index contributed by atoms with van der Waals surface area (Å²) in [5.74, 6) is 1.28. The summed E-state index contributed by atoms with van der Waals surface area (Å²) in [7, 11) is 0. The highest BCUT2D eigenvalue weighted by Crippen LogP contribution is 2.22. The van der Waals surface area contributed by atoms with Crippen LogP contribution in [0.4, 0.5) is 5.95 Å². The number of aromatic amines is 1. The van der Waals surface area contributed by atoms with E-state index in [9.17, 15) is 9.59 Å². The lowest BCUT2D eigenvalue weighted by Crippen LogP contribution is -2.40.